The van der Waals surface area contributed by atoms with E-state index in [-0.39, 0.29) is 0 Å². The molecule has 0 unspecified atom stereocenters. The molecular formula is C10H10F3N3O2. The summed E-state index contributed by atoms with van der Waals surface area (Å²) in [4.78, 5) is 21.9. The SMILES string of the molecule is NC(=O)C[C@H](N)C(=O)Nc1ccc(F)c(F)c1F. The van der Waals surface area contributed by atoms with Gasteiger partial charge < -0.3 is 16.8 Å². The van der Waals surface area contributed by atoms with E-state index in [0.29, 0.717) is 6.07 Å². The van der Waals surface area contributed by atoms with Crippen LogP contribution in [0.25, 0.3) is 0 Å². The van der Waals surface area contributed by atoms with Crippen LogP contribution in [0.1, 0.15) is 6.42 Å². The van der Waals surface area contributed by atoms with Gasteiger partial charge in [-0.15, -0.1) is 0 Å². The van der Waals surface area contributed by atoms with E-state index in [9.17, 15) is 22.8 Å². The summed E-state index contributed by atoms with van der Waals surface area (Å²) in [5.74, 6) is -6.39. The van der Waals surface area contributed by atoms with Crippen LogP contribution in [-0.2, 0) is 9.59 Å². The van der Waals surface area contributed by atoms with E-state index in [1.165, 1.54) is 0 Å². The third kappa shape index (κ3) is 3.20. The fourth-order valence-electron chi connectivity index (χ4n) is 1.16. The Kier molecular flexibility index (Phi) is 4.27. The van der Waals surface area contributed by atoms with Gasteiger partial charge in [-0.1, -0.05) is 0 Å². The van der Waals surface area contributed by atoms with E-state index < -0.39 is 47.4 Å². The topological polar surface area (TPSA) is 98.2 Å². The summed E-state index contributed by atoms with van der Waals surface area (Å²) in [6.45, 7) is 0. The smallest absolute Gasteiger partial charge is 0.241 e. The summed E-state index contributed by atoms with van der Waals surface area (Å²) >= 11 is 0. The van der Waals surface area contributed by atoms with Crippen molar-refractivity contribution in [1.82, 2.24) is 0 Å². The third-order valence-corrected chi connectivity index (χ3v) is 2.05. The molecule has 5 N–H and O–H groups in total. The van der Waals surface area contributed by atoms with Gasteiger partial charge in [0.25, 0.3) is 0 Å². The number of hydrogen-bond donors (Lipinski definition) is 3. The van der Waals surface area contributed by atoms with Gasteiger partial charge in [-0.05, 0) is 12.1 Å². The number of amides is 2. The maximum atomic E-state index is 13.2. The lowest BCUT2D eigenvalue weighted by molar-refractivity contribution is -0.123. The van der Waals surface area contributed by atoms with E-state index in [2.05, 4.69) is 0 Å². The largest absolute Gasteiger partial charge is 0.370 e. The highest BCUT2D eigenvalue weighted by atomic mass is 19.2. The molecule has 2 amide bonds. The Hall–Kier alpha value is -2.09. The number of nitrogens with one attached hydrogen (secondary N) is 1. The lowest BCUT2D eigenvalue weighted by Gasteiger charge is -2.11. The molecule has 0 bridgehead atoms. The van der Waals surface area contributed by atoms with E-state index in [1.807, 2.05) is 5.32 Å². The number of primary amides is 1. The highest BCUT2D eigenvalue weighted by molar-refractivity contribution is 5.97. The van der Waals surface area contributed by atoms with Gasteiger partial charge in [-0.3, -0.25) is 9.59 Å². The molecule has 0 aliphatic rings. The number of rotatable bonds is 4. The molecule has 0 saturated carbocycles. The van der Waals surface area contributed by atoms with Gasteiger partial charge in [0.15, 0.2) is 17.5 Å². The minimum atomic E-state index is -1.71. The fourth-order valence-corrected chi connectivity index (χ4v) is 1.16. The summed E-state index contributed by atoms with van der Waals surface area (Å²) < 4.78 is 38.6. The predicted octanol–water partition coefficient (Wildman–Crippen LogP) is 0.245. The van der Waals surface area contributed by atoms with Gasteiger partial charge >= 0.3 is 0 Å². The molecule has 0 aromatic heterocycles. The number of carbonyl (C=O) groups is 2. The van der Waals surface area contributed by atoms with Crippen LogP contribution in [0, 0.1) is 17.5 Å². The zero-order chi connectivity index (χ0) is 13.9. The predicted molar refractivity (Wildman–Crippen MR) is 56.7 cm³/mol. The van der Waals surface area contributed by atoms with Crippen molar-refractivity contribution in [3.63, 3.8) is 0 Å². The van der Waals surface area contributed by atoms with Crippen molar-refractivity contribution in [2.45, 2.75) is 12.5 Å². The van der Waals surface area contributed by atoms with Crippen molar-refractivity contribution >= 4 is 17.5 Å². The average molecular weight is 261 g/mol. The van der Waals surface area contributed by atoms with Crippen molar-refractivity contribution in [2.75, 3.05) is 5.32 Å². The van der Waals surface area contributed by atoms with Crippen molar-refractivity contribution in [2.24, 2.45) is 11.5 Å². The number of nitrogens with two attached hydrogens (primary N) is 2. The summed E-state index contributed by atoms with van der Waals surface area (Å²) in [5, 5.41) is 1.93. The first-order chi connectivity index (χ1) is 8.32. The summed E-state index contributed by atoms with van der Waals surface area (Å²) in [6.07, 6.45) is -0.447. The molecule has 1 aromatic rings. The molecule has 0 radical (unpaired) electrons. The molecule has 1 aromatic carbocycles. The molecule has 0 saturated heterocycles. The van der Waals surface area contributed by atoms with Crippen molar-refractivity contribution in [3.05, 3.63) is 29.6 Å². The normalized spacial score (nSPS) is 12.0. The molecule has 0 spiro atoms. The first-order valence-electron chi connectivity index (χ1n) is 4.81. The Morgan fingerprint density at radius 2 is 1.83 bits per heavy atom. The zero-order valence-corrected chi connectivity index (χ0v) is 9.04. The molecule has 0 aliphatic heterocycles. The molecule has 8 heteroatoms. The average Bonchev–Trinajstić information content (AvgIpc) is 2.29. The standard InChI is InChI=1S/C10H10F3N3O2/c11-4-1-2-6(9(13)8(4)12)16-10(18)5(14)3-7(15)17/h1-2,5H,3,14H2,(H2,15,17)(H,16,18)/t5-/m0/s1. The maximum Gasteiger partial charge on any atom is 0.241 e. The molecule has 1 rings (SSSR count). The van der Waals surface area contributed by atoms with Crippen LogP contribution in [0.4, 0.5) is 18.9 Å². The van der Waals surface area contributed by atoms with Gasteiger partial charge in [-0.25, -0.2) is 13.2 Å². The number of anilines is 1. The van der Waals surface area contributed by atoms with Crippen LogP contribution in [0.5, 0.6) is 0 Å². The quantitative estimate of drug-likeness (QED) is 0.677. The van der Waals surface area contributed by atoms with E-state index in [0.717, 1.165) is 6.07 Å². The Morgan fingerprint density at radius 3 is 2.39 bits per heavy atom. The summed E-state index contributed by atoms with van der Waals surface area (Å²) in [6, 6.07) is 0.186. The molecule has 1 atom stereocenters. The second-order valence-corrected chi connectivity index (χ2v) is 3.49. The zero-order valence-electron chi connectivity index (χ0n) is 9.04. The highest BCUT2D eigenvalue weighted by Gasteiger charge is 2.19. The number of carbonyl (C=O) groups excluding carboxylic acids is 2. The van der Waals surface area contributed by atoms with Crippen LogP contribution in [0.2, 0.25) is 0 Å². The molecule has 0 heterocycles. The second kappa shape index (κ2) is 5.50. The summed E-state index contributed by atoms with van der Waals surface area (Å²) in [5.41, 5.74) is 9.53. The van der Waals surface area contributed by atoms with Gasteiger partial charge in [0.05, 0.1) is 18.2 Å². The van der Waals surface area contributed by atoms with E-state index in [4.69, 9.17) is 11.5 Å². The van der Waals surface area contributed by atoms with Crippen molar-refractivity contribution in [3.8, 4) is 0 Å². The van der Waals surface area contributed by atoms with Crippen molar-refractivity contribution < 1.29 is 22.8 Å². The monoisotopic (exact) mass is 261 g/mol. The van der Waals surface area contributed by atoms with Crippen LogP contribution in [0.15, 0.2) is 12.1 Å². The molecule has 0 aliphatic carbocycles. The minimum absolute atomic E-state index is 0.447. The first-order valence-corrected chi connectivity index (χ1v) is 4.81. The van der Waals surface area contributed by atoms with E-state index >= 15 is 0 Å². The highest BCUT2D eigenvalue weighted by Crippen LogP contribution is 2.19. The van der Waals surface area contributed by atoms with Crippen LogP contribution in [-0.4, -0.2) is 17.9 Å². The number of benzene rings is 1. The van der Waals surface area contributed by atoms with Gasteiger partial charge in [0.2, 0.25) is 11.8 Å². The lowest BCUT2D eigenvalue weighted by atomic mass is 10.2. The molecule has 18 heavy (non-hydrogen) atoms. The number of hydrogen-bond acceptors (Lipinski definition) is 3. The Labute approximate surface area is 99.9 Å². The lowest BCUT2D eigenvalue weighted by Crippen LogP contribution is -2.39. The molecule has 0 fully saturated rings. The Balaban J connectivity index is 2.82. The minimum Gasteiger partial charge on any atom is -0.370 e. The van der Waals surface area contributed by atoms with Gasteiger partial charge in [0, 0.05) is 0 Å². The third-order valence-electron chi connectivity index (χ3n) is 2.05. The second-order valence-electron chi connectivity index (χ2n) is 3.49. The van der Waals surface area contributed by atoms with E-state index in [1.54, 1.807) is 0 Å². The molecule has 5 nitrogen and oxygen atoms in total. The van der Waals surface area contributed by atoms with Crippen LogP contribution < -0.4 is 16.8 Å². The Morgan fingerprint density at radius 1 is 1.22 bits per heavy atom. The van der Waals surface area contributed by atoms with Crippen molar-refractivity contribution in [1.29, 1.82) is 0 Å². The first kappa shape index (κ1) is 14.0. The molecule has 98 valence electrons. The maximum absolute atomic E-state index is 13.2. The van der Waals surface area contributed by atoms with Crippen LogP contribution in [0.3, 0.4) is 0 Å². The fraction of sp³-hybridized carbons (Fsp3) is 0.200. The molecular weight excluding hydrogens is 251 g/mol. The van der Waals surface area contributed by atoms with Gasteiger partial charge in [0.1, 0.15) is 0 Å². The summed E-state index contributed by atoms with van der Waals surface area (Å²) in [7, 11) is 0. The number of halogens is 3. The van der Waals surface area contributed by atoms with Crippen LogP contribution >= 0.6 is 0 Å². The Bertz CT molecular complexity index is 494. The van der Waals surface area contributed by atoms with Gasteiger partial charge in [-0.2, -0.15) is 0 Å².